The first-order chi connectivity index (χ1) is 14.9. The highest BCUT2D eigenvalue weighted by Gasteiger charge is 2.34. The number of fused-ring (bicyclic) bond motifs is 1. The fourth-order valence-corrected chi connectivity index (χ4v) is 4.06. The predicted octanol–water partition coefficient (Wildman–Crippen LogP) is 3.41. The number of carbonyl (C=O) groups excluding carboxylic acids is 3. The highest BCUT2D eigenvalue weighted by molar-refractivity contribution is 9.10. The molecule has 1 saturated heterocycles. The summed E-state index contributed by atoms with van der Waals surface area (Å²) in [5.41, 5.74) is 1.88. The molecule has 4 rings (SSSR count). The van der Waals surface area contributed by atoms with E-state index in [1.165, 1.54) is 18.1 Å². The number of aromatic nitrogens is 1. The number of hydrogen-bond donors (Lipinski definition) is 1. The molecular formula is C22H16BrN3O4S. The molecule has 2 amide bonds. The lowest BCUT2D eigenvalue weighted by Crippen LogP contribution is -2.54. The van der Waals surface area contributed by atoms with E-state index in [2.05, 4.69) is 21.2 Å². The van der Waals surface area contributed by atoms with Crippen molar-refractivity contribution in [3.63, 3.8) is 0 Å². The number of esters is 1. The summed E-state index contributed by atoms with van der Waals surface area (Å²) < 4.78 is 7.25. The number of nitrogens with zero attached hydrogens (tertiary/aromatic N) is 2. The fourth-order valence-electron chi connectivity index (χ4n) is 3.39. The van der Waals surface area contributed by atoms with Crippen LogP contribution in [-0.2, 0) is 25.7 Å². The Morgan fingerprint density at radius 2 is 1.97 bits per heavy atom. The Morgan fingerprint density at radius 3 is 2.71 bits per heavy atom. The molecule has 0 bridgehead atoms. The highest BCUT2D eigenvalue weighted by atomic mass is 79.9. The lowest BCUT2D eigenvalue weighted by molar-refractivity contribution is -0.141. The summed E-state index contributed by atoms with van der Waals surface area (Å²) in [5.74, 6) is -1.51. The van der Waals surface area contributed by atoms with Gasteiger partial charge in [0.15, 0.2) is 5.11 Å². The van der Waals surface area contributed by atoms with Crippen molar-refractivity contribution in [2.75, 3.05) is 12.0 Å². The molecule has 0 unspecified atom stereocenters. The van der Waals surface area contributed by atoms with Crippen molar-refractivity contribution in [3.8, 4) is 0 Å². The van der Waals surface area contributed by atoms with Crippen LogP contribution in [-0.4, -0.2) is 34.6 Å². The monoisotopic (exact) mass is 497 g/mol. The van der Waals surface area contributed by atoms with Crippen LogP contribution in [0.1, 0.15) is 5.56 Å². The molecule has 1 aliphatic heterocycles. The van der Waals surface area contributed by atoms with Crippen LogP contribution in [0.2, 0.25) is 0 Å². The van der Waals surface area contributed by atoms with Crippen molar-refractivity contribution < 1.29 is 19.1 Å². The van der Waals surface area contributed by atoms with Crippen LogP contribution in [0, 0.1) is 0 Å². The maximum Gasteiger partial charge on any atom is 0.325 e. The Labute approximate surface area is 191 Å². The molecule has 31 heavy (non-hydrogen) atoms. The van der Waals surface area contributed by atoms with Crippen LogP contribution in [0.25, 0.3) is 17.0 Å². The first-order valence-electron chi connectivity index (χ1n) is 9.21. The number of carbonyl (C=O) groups is 3. The van der Waals surface area contributed by atoms with Crippen molar-refractivity contribution in [1.29, 1.82) is 0 Å². The fraction of sp³-hybridized carbons (Fsp3) is 0.0909. The third-order valence-corrected chi connectivity index (χ3v) is 5.59. The summed E-state index contributed by atoms with van der Waals surface area (Å²) in [7, 11) is 1.32. The standard InChI is InChI=1S/C22H16BrN3O4S/c1-30-19(27)12-25-11-13(16-7-2-3-8-18(16)25)9-17-20(28)24-22(31)26(21(17)29)15-6-4-5-14(23)10-15/h2-11H,12H2,1H3,(H,24,28,31)/b17-9+. The Kier molecular flexibility index (Phi) is 5.71. The molecule has 7 nitrogen and oxygen atoms in total. The number of halogens is 1. The largest absolute Gasteiger partial charge is 0.468 e. The minimum absolute atomic E-state index is 0.00851. The summed E-state index contributed by atoms with van der Waals surface area (Å²) >= 11 is 8.62. The Morgan fingerprint density at radius 1 is 1.19 bits per heavy atom. The maximum absolute atomic E-state index is 13.2. The average molecular weight is 498 g/mol. The van der Waals surface area contributed by atoms with Crippen molar-refractivity contribution >= 4 is 73.7 Å². The molecule has 3 aromatic rings. The van der Waals surface area contributed by atoms with Gasteiger partial charge in [0.1, 0.15) is 12.1 Å². The van der Waals surface area contributed by atoms with Crippen LogP contribution < -0.4 is 10.2 Å². The molecule has 156 valence electrons. The molecule has 0 saturated carbocycles. The van der Waals surface area contributed by atoms with Gasteiger partial charge in [0.25, 0.3) is 11.8 Å². The number of hydrogen-bond acceptors (Lipinski definition) is 5. The zero-order valence-corrected chi connectivity index (χ0v) is 18.7. The smallest absolute Gasteiger partial charge is 0.325 e. The van der Waals surface area contributed by atoms with Gasteiger partial charge in [-0.3, -0.25) is 24.6 Å². The van der Waals surface area contributed by atoms with E-state index >= 15 is 0 Å². The quantitative estimate of drug-likeness (QED) is 0.258. The first kappa shape index (κ1) is 21.0. The van der Waals surface area contributed by atoms with Gasteiger partial charge in [-0.15, -0.1) is 0 Å². The number of nitrogens with one attached hydrogen (secondary N) is 1. The molecule has 0 atom stereocenters. The van der Waals surface area contributed by atoms with Gasteiger partial charge in [0.05, 0.1) is 12.8 Å². The van der Waals surface area contributed by atoms with E-state index in [0.29, 0.717) is 11.3 Å². The van der Waals surface area contributed by atoms with E-state index < -0.39 is 17.8 Å². The molecule has 1 fully saturated rings. The SMILES string of the molecule is COC(=O)Cn1cc(/C=C2\C(=O)NC(=S)N(c3cccc(Br)c3)C2=O)c2ccccc21. The Balaban J connectivity index is 1.79. The average Bonchev–Trinajstić information content (AvgIpc) is 3.08. The second kappa shape index (κ2) is 8.44. The van der Waals surface area contributed by atoms with Gasteiger partial charge < -0.3 is 9.30 Å². The second-order valence-corrected chi connectivity index (χ2v) is 8.05. The van der Waals surface area contributed by atoms with Gasteiger partial charge in [-0.25, -0.2) is 0 Å². The van der Waals surface area contributed by atoms with E-state index in [1.54, 1.807) is 29.0 Å². The van der Waals surface area contributed by atoms with Crippen LogP contribution in [0.5, 0.6) is 0 Å². The minimum atomic E-state index is -0.578. The van der Waals surface area contributed by atoms with Gasteiger partial charge in [-0.2, -0.15) is 0 Å². The number of rotatable bonds is 4. The van der Waals surface area contributed by atoms with E-state index in [0.717, 1.165) is 15.4 Å². The number of ether oxygens (including phenoxy) is 1. The summed E-state index contributed by atoms with van der Waals surface area (Å²) in [6, 6.07) is 14.5. The Bertz CT molecular complexity index is 1280. The summed E-state index contributed by atoms with van der Waals surface area (Å²) in [6.07, 6.45) is 3.23. The number of benzene rings is 2. The summed E-state index contributed by atoms with van der Waals surface area (Å²) in [6.45, 7) is 0.00851. The normalized spacial score (nSPS) is 15.5. The van der Waals surface area contributed by atoms with Crippen LogP contribution in [0.3, 0.4) is 0 Å². The van der Waals surface area contributed by atoms with Crippen LogP contribution in [0.15, 0.2) is 64.8 Å². The zero-order valence-electron chi connectivity index (χ0n) is 16.3. The summed E-state index contributed by atoms with van der Waals surface area (Å²) in [4.78, 5) is 38.9. The first-order valence-corrected chi connectivity index (χ1v) is 10.4. The van der Waals surface area contributed by atoms with Crippen molar-refractivity contribution in [2.45, 2.75) is 6.54 Å². The van der Waals surface area contributed by atoms with Gasteiger partial charge in [-0.1, -0.05) is 40.2 Å². The van der Waals surface area contributed by atoms with Gasteiger partial charge in [0.2, 0.25) is 0 Å². The molecule has 0 spiro atoms. The molecule has 1 aliphatic rings. The lowest BCUT2D eigenvalue weighted by Gasteiger charge is -2.29. The van der Waals surface area contributed by atoms with Gasteiger partial charge in [-0.05, 0) is 42.6 Å². The Hall–Kier alpha value is -3.30. The number of methoxy groups -OCH3 is 1. The number of para-hydroxylation sites is 1. The molecule has 0 aliphatic carbocycles. The number of thiocarbonyl (C=S) groups is 1. The lowest BCUT2D eigenvalue weighted by atomic mass is 10.1. The van der Waals surface area contributed by atoms with E-state index in [9.17, 15) is 14.4 Å². The van der Waals surface area contributed by atoms with Gasteiger partial charge in [0, 0.05) is 27.1 Å². The topological polar surface area (TPSA) is 80.6 Å². The van der Waals surface area contributed by atoms with Crippen molar-refractivity contribution in [3.05, 3.63) is 70.3 Å². The van der Waals surface area contributed by atoms with Crippen molar-refractivity contribution in [1.82, 2.24) is 9.88 Å². The molecular weight excluding hydrogens is 482 g/mol. The third-order valence-electron chi connectivity index (χ3n) is 4.81. The third kappa shape index (κ3) is 4.01. The molecule has 1 aromatic heterocycles. The van der Waals surface area contributed by atoms with Crippen LogP contribution >= 0.6 is 28.1 Å². The van der Waals surface area contributed by atoms with E-state index in [4.69, 9.17) is 17.0 Å². The van der Waals surface area contributed by atoms with E-state index in [-0.39, 0.29) is 17.2 Å². The highest BCUT2D eigenvalue weighted by Crippen LogP contribution is 2.27. The molecule has 9 heteroatoms. The van der Waals surface area contributed by atoms with Crippen molar-refractivity contribution in [2.24, 2.45) is 0 Å². The maximum atomic E-state index is 13.2. The zero-order chi connectivity index (χ0) is 22.1. The van der Waals surface area contributed by atoms with Crippen LogP contribution in [0.4, 0.5) is 5.69 Å². The second-order valence-electron chi connectivity index (χ2n) is 6.74. The molecule has 2 heterocycles. The molecule has 2 aromatic carbocycles. The van der Waals surface area contributed by atoms with Gasteiger partial charge >= 0.3 is 5.97 Å². The molecule has 1 N–H and O–H groups in total. The number of anilines is 1. The number of amides is 2. The minimum Gasteiger partial charge on any atom is -0.468 e. The molecule has 0 radical (unpaired) electrons. The summed E-state index contributed by atoms with van der Waals surface area (Å²) in [5, 5.41) is 3.38. The van der Waals surface area contributed by atoms with E-state index in [1.807, 2.05) is 30.3 Å². The predicted molar refractivity (Wildman–Crippen MR) is 124 cm³/mol.